The van der Waals surface area contributed by atoms with E-state index in [1.807, 2.05) is 60.7 Å². The molecule has 0 bridgehead atoms. The van der Waals surface area contributed by atoms with E-state index in [1.54, 1.807) is 18.2 Å². The predicted octanol–water partition coefficient (Wildman–Crippen LogP) is 6.73. The molecule has 0 radical (unpaired) electrons. The van der Waals surface area contributed by atoms with Crippen LogP contribution in [0.2, 0.25) is 0 Å². The van der Waals surface area contributed by atoms with Crippen LogP contribution in [0.25, 0.3) is 11.1 Å². The highest BCUT2D eigenvalue weighted by molar-refractivity contribution is 5.85. The van der Waals surface area contributed by atoms with E-state index in [0.717, 1.165) is 11.1 Å². The fourth-order valence-electron chi connectivity index (χ4n) is 3.52. The van der Waals surface area contributed by atoms with E-state index in [9.17, 15) is 13.2 Å². The molecule has 1 heterocycles. The Morgan fingerprint density at radius 2 is 1.32 bits per heavy atom. The van der Waals surface area contributed by atoms with Crippen LogP contribution in [-0.2, 0) is 19.8 Å². The van der Waals surface area contributed by atoms with Crippen LogP contribution in [0.15, 0.2) is 91.0 Å². The Bertz CT molecular complexity index is 1270. The van der Waals surface area contributed by atoms with Gasteiger partial charge in [0.05, 0.1) is 0 Å². The molecule has 0 saturated carbocycles. The van der Waals surface area contributed by atoms with Crippen molar-refractivity contribution in [2.24, 2.45) is 5.73 Å². The van der Waals surface area contributed by atoms with E-state index in [4.69, 9.17) is 19.9 Å². The van der Waals surface area contributed by atoms with Gasteiger partial charge in [0.1, 0.15) is 19.0 Å². The van der Waals surface area contributed by atoms with E-state index in [-0.39, 0.29) is 37.2 Å². The Hall–Kier alpha value is -3.75. The lowest BCUT2D eigenvalue weighted by molar-refractivity contribution is -0.153. The molecule has 0 spiro atoms. The van der Waals surface area contributed by atoms with Crippen molar-refractivity contribution in [1.82, 2.24) is 4.98 Å². The SMILES string of the molecule is Cl.NCc1ccc(OCC(F)(F)F)cc1-c1ccc(OCc2ccccc2)nc1OCc1ccccc1. The highest BCUT2D eigenvalue weighted by atomic mass is 35.5. The van der Waals surface area contributed by atoms with Crippen LogP contribution < -0.4 is 19.9 Å². The van der Waals surface area contributed by atoms with Gasteiger partial charge in [-0.05, 0) is 40.5 Å². The molecule has 0 aliphatic rings. The normalized spacial score (nSPS) is 10.9. The van der Waals surface area contributed by atoms with Crippen LogP contribution in [0.4, 0.5) is 13.2 Å². The summed E-state index contributed by atoms with van der Waals surface area (Å²) in [5.41, 5.74) is 9.69. The van der Waals surface area contributed by atoms with Crippen molar-refractivity contribution in [1.29, 1.82) is 0 Å². The summed E-state index contributed by atoms with van der Waals surface area (Å²) < 4.78 is 55.0. The van der Waals surface area contributed by atoms with Gasteiger partial charge in [0, 0.05) is 18.2 Å². The quantitative estimate of drug-likeness (QED) is 0.246. The molecule has 37 heavy (non-hydrogen) atoms. The molecule has 1 aromatic heterocycles. The number of rotatable bonds is 10. The number of hydrogen-bond acceptors (Lipinski definition) is 5. The van der Waals surface area contributed by atoms with Crippen LogP contribution in [0.5, 0.6) is 17.5 Å². The lowest BCUT2D eigenvalue weighted by atomic mass is 10.00. The smallest absolute Gasteiger partial charge is 0.422 e. The zero-order chi connectivity index (χ0) is 25.4. The van der Waals surface area contributed by atoms with Gasteiger partial charge in [0.2, 0.25) is 11.8 Å². The molecule has 9 heteroatoms. The highest BCUT2D eigenvalue weighted by Gasteiger charge is 2.28. The van der Waals surface area contributed by atoms with Crippen molar-refractivity contribution < 1.29 is 27.4 Å². The molecule has 194 valence electrons. The van der Waals surface area contributed by atoms with Gasteiger partial charge in [-0.1, -0.05) is 66.7 Å². The average Bonchev–Trinajstić information content (AvgIpc) is 2.90. The number of nitrogens with two attached hydrogens (primary N) is 1. The first-order valence-electron chi connectivity index (χ1n) is 11.3. The minimum absolute atomic E-state index is 0. The first-order valence-corrected chi connectivity index (χ1v) is 11.3. The van der Waals surface area contributed by atoms with Crippen molar-refractivity contribution in [3.05, 3.63) is 108 Å². The molecule has 0 aliphatic heterocycles. The third-order valence-electron chi connectivity index (χ3n) is 5.28. The third-order valence-corrected chi connectivity index (χ3v) is 5.28. The maximum Gasteiger partial charge on any atom is 0.422 e. The van der Waals surface area contributed by atoms with Crippen molar-refractivity contribution >= 4 is 12.4 Å². The fourth-order valence-corrected chi connectivity index (χ4v) is 3.52. The number of pyridine rings is 1. The Morgan fingerprint density at radius 3 is 1.92 bits per heavy atom. The maximum atomic E-state index is 12.7. The van der Waals surface area contributed by atoms with Gasteiger partial charge in [-0.15, -0.1) is 12.4 Å². The average molecular weight is 531 g/mol. The summed E-state index contributed by atoms with van der Waals surface area (Å²) in [6.45, 7) is -0.666. The van der Waals surface area contributed by atoms with Crippen molar-refractivity contribution in [2.75, 3.05) is 6.61 Å². The van der Waals surface area contributed by atoms with Gasteiger partial charge in [0.25, 0.3) is 0 Å². The molecule has 4 rings (SSSR count). The van der Waals surface area contributed by atoms with E-state index in [2.05, 4.69) is 4.98 Å². The van der Waals surface area contributed by atoms with Crippen molar-refractivity contribution in [3.8, 4) is 28.6 Å². The standard InChI is InChI=1S/C28H25F3N2O3.ClH/c29-28(30,31)19-36-23-12-11-22(16-32)25(15-23)24-13-14-26(34-17-20-7-3-1-4-8-20)33-27(24)35-18-21-9-5-2-6-10-21;/h1-15H,16-19,32H2;1H. The first-order chi connectivity index (χ1) is 17.4. The number of halogens is 4. The minimum atomic E-state index is -4.45. The number of aromatic nitrogens is 1. The molecular weight excluding hydrogens is 505 g/mol. The lowest BCUT2D eigenvalue weighted by Gasteiger charge is -2.17. The van der Waals surface area contributed by atoms with Crippen molar-refractivity contribution in [3.63, 3.8) is 0 Å². The Balaban J connectivity index is 0.00000380. The fraction of sp³-hybridized carbons (Fsp3) is 0.179. The number of benzene rings is 3. The summed E-state index contributed by atoms with van der Waals surface area (Å²) in [6, 6.07) is 27.3. The second kappa shape index (κ2) is 13.0. The molecule has 2 N–H and O–H groups in total. The Labute approximate surface area is 219 Å². The summed E-state index contributed by atoms with van der Waals surface area (Å²) in [4.78, 5) is 4.56. The lowest BCUT2D eigenvalue weighted by Crippen LogP contribution is -2.19. The third kappa shape index (κ3) is 8.13. The molecule has 3 aromatic carbocycles. The van der Waals surface area contributed by atoms with Crippen LogP contribution >= 0.6 is 12.4 Å². The van der Waals surface area contributed by atoms with Crippen LogP contribution in [0, 0.1) is 0 Å². The molecule has 4 aromatic rings. The van der Waals surface area contributed by atoms with E-state index >= 15 is 0 Å². The monoisotopic (exact) mass is 530 g/mol. The van der Waals surface area contributed by atoms with Crippen LogP contribution in [-0.4, -0.2) is 17.8 Å². The van der Waals surface area contributed by atoms with Gasteiger partial charge in [-0.2, -0.15) is 18.2 Å². The number of hydrogen-bond donors (Lipinski definition) is 1. The maximum absolute atomic E-state index is 12.7. The molecule has 0 amide bonds. The zero-order valence-corrected chi connectivity index (χ0v) is 20.6. The molecule has 0 unspecified atom stereocenters. The van der Waals surface area contributed by atoms with Crippen LogP contribution in [0.1, 0.15) is 16.7 Å². The Morgan fingerprint density at radius 1 is 0.703 bits per heavy atom. The summed E-state index contributed by atoms with van der Waals surface area (Å²) in [5, 5.41) is 0. The number of alkyl halides is 3. The molecule has 0 aliphatic carbocycles. The molecule has 0 atom stereocenters. The largest absolute Gasteiger partial charge is 0.484 e. The van der Waals surface area contributed by atoms with Gasteiger partial charge >= 0.3 is 6.18 Å². The zero-order valence-electron chi connectivity index (χ0n) is 19.8. The first kappa shape index (κ1) is 27.8. The number of nitrogens with zero attached hydrogens (tertiary/aromatic N) is 1. The highest BCUT2D eigenvalue weighted by Crippen LogP contribution is 2.36. The van der Waals surface area contributed by atoms with Crippen LogP contribution in [0.3, 0.4) is 0 Å². The van der Waals surface area contributed by atoms with E-state index in [1.165, 1.54) is 12.1 Å². The Kier molecular flexibility index (Phi) is 9.77. The topological polar surface area (TPSA) is 66.6 Å². The van der Waals surface area contributed by atoms with E-state index in [0.29, 0.717) is 29.2 Å². The summed E-state index contributed by atoms with van der Waals surface area (Å²) >= 11 is 0. The van der Waals surface area contributed by atoms with Gasteiger partial charge in [0.15, 0.2) is 6.61 Å². The van der Waals surface area contributed by atoms with Gasteiger partial charge in [-0.3, -0.25) is 0 Å². The molecule has 5 nitrogen and oxygen atoms in total. The van der Waals surface area contributed by atoms with E-state index < -0.39 is 12.8 Å². The second-order valence-electron chi connectivity index (χ2n) is 7.98. The summed E-state index contributed by atoms with van der Waals surface area (Å²) in [7, 11) is 0. The number of ether oxygens (including phenoxy) is 3. The molecule has 0 saturated heterocycles. The summed E-state index contributed by atoms with van der Waals surface area (Å²) in [5.74, 6) is 0.689. The van der Waals surface area contributed by atoms with Gasteiger partial charge < -0.3 is 19.9 Å². The van der Waals surface area contributed by atoms with Crippen molar-refractivity contribution in [2.45, 2.75) is 25.9 Å². The minimum Gasteiger partial charge on any atom is -0.484 e. The molecular formula is C28H26ClF3N2O3. The second-order valence-corrected chi connectivity index (χ2v) is 7.98. The van der Waals surface area contributed by atoms with Gasteiger partial charge in [-0.25, -0.2) is 0 Å². The summed E-state index contributed by atoms with van der Waals surface area (Å²) in [6.07, 6.45) is -4.45. The predicted molar refractivity (Wildman–Crippen MR) is 138 cm³/mol. The molecule has 0 fully saturated rings.